The minimum Gasteiger partial charge on any atom is -0.484 e. The van der Waals surface area contributed by atoms with Gasteiger partial charge in [0, 0.05) is 19.3 Å². The molecule has 2 N–H and O–H groups in total. The number of hydrogen-bond acceptors (Lipinski definition) is 5. The number of amides is 2. The Hall–Kier alpha value is -2.98. The first kappa shape index (κ1) is 22.3. The summed E-state index contributed by atoms with van der Waals surface area (Å²) in [5.41, 5.74) is 0.438. The topological polar surface area (TPSA) is 105 Å². The molecular weight excluding hydrogens is 401 g/mol. The number of likely N-dealkylation sites (N-methyl/N-ethyl adjacent to an activating group) is 2. The molecule has 8 nitrogen and oxygen atoms in total. The zero-order valence-electron chi connectivity index (χ0n) is 16.0. The number of nitrogens with zero attached hydrogens (tertiary/aromatic N) is 1. The van der Waals surface area contributed by atoms with Gasteiger partial charge in [-0.25, -0.2) is 12.8 Å². The van der Waals surface area contributed by atoms with Crippen LogP contribution in [0.3, 0.4) is 0 Å². The van der Waals surface area contributed by atoms with Gasteiger partial charge in [-0.2, -0.15) is 4.31 Å². The van der Waals surface area contributed by atoms with Gasteiger partial charge in [0.1, 0.15) is 11.6 Å². The van der Waals surface area contributed by atoms with Crippen LogP contribution in [0.15, 0.2) is 53.4 Å². The van der Waals surface area contributed by atoms with Crippen molar-refractivity contribution in [2.75, 3.05) is 32.1 Å². The third kappa shape index (κ3) is 6.54. The second-order valence-electron chi connectivity index (χ2n) is 6.03. The highest BCUT2D eigenvalue weighted by Crippen LogP contribution is 2.17. The summed E-state index contributed by atoms with van der Waals surface area (Å²) in [7, 11) is -2.66. The van der Waals surface area contributed by atoms with Crippen LogP contribution in [0.25, 0.3) is 0 Å². The van der Waals surface area contributed by atoms with E-state index < -0.39 is 28.3 Å². The standard InChI is InChI=1S/C19H22FN3O5S/c1-3-21-19(25)13-28-16-8-6-15(7-9-16)22-18(24)12-23(2)29(26,27)17-10-4-14(20)5-11-17/h4-11H,3,12-13H2,1-2H3,(H,21,25)(H,22,24). The van der Waals surface area contributed by atoms with E-state index in [0.29, 0.717) is 18.0 Å². The first-order chi connectivity index (χ1) is 13.7. The average Bonchev–Trinajstić information content (AvgIpc) is 2.68. The van der Waals surface area contributed by atoms with Crippen molar-refractivity contribution >= 4 is 27.5 Å². The van der Waals surface area contributed by atoms with E-state index in [1.54, 1.807) is 31.2 Å². The second kappa shape index (κ2) is 9.99. The Balaban J connectivity index is 1.91. The van der Waals surface area contributed by atoms with Crippen LogP contribution in [0.1, 0.15) is 6.92 Å². The first-order valence-electron chi connectivity index (χ1n) is 8.73. The van der Waals surface area contributed by atoms with Crippen LogP contribution < -0.4 is 15.4 Å². The molecule has 2 aromatic carbocycles. The van der Waals surface area contributed by atoms with Crippen molar-refractivity contribution in [3.8, 4) is 5.75 Å². The lowest BCUT2D eigenvalue weighted by molar-refractivity contribution is -0.123. The highest BCUT2D eigenvalue weighted by Gasteiger charge is 2.23. The van der Waals surface area contributed by atoms with Crippen molar-refractivity contribution in [1.29, 1.82) is 0 Å². The van der Waals surface area contributed by atoms with Crippen molar-refractivity contribution < 1.29 is 27.1 Å². The first-order valence-corrected chi connectivity index (χ1v) is 10.2. The summed E-state index contributed by atoms with van der Waals surface area (Å²) in [6.45, 7) is 1.77. The highest BCUT2D eigenvalue weighted by atomic mass is 32.2. The van der Waals surface area contributed by atoms with Crippen LogP contribution >= 0.6 is 0 Å². The summed E-state index contributed by atoms with van der Waals surface area (Å²) in [5.74, 6) is -0.891. The molecule has 0 aliphatic rings. The van der Waals surface area contributed by atoms with E-state index in [1.807, 2.05) is 0 Å². The predicted octanol–water partition coefficient (Wildman–Crippen LogP) is 1.60. The summed E-state index contributed by atoms with van der Waals surface area (Å²) in [4.78, 5) is 23.4. The van der Waals surface area contributed by atoms with Gasteiger partial charge < -0.3 is 15.4 Å². The Morgan fingerprint density at radius 3 is 2.24 bits per heavy atom. The van der Waals surface area contributed by atoms with E-state index in [-0.39, 0.29) is 17.4 Å². The van der Waals surface area contributed by atoms with E-state index >= 15 is 0 Å². The van der Waals surface area contributed by atoms with Crippen LogP contribution in [0.5, 0.6) is 5.75 Å². The molecule has 0 saturated carbocycles. The number of hydrogen-bond donors (Lipinski definition) is 2. The number of carbonyl (C=O) groups is 2. The third-order valence-corrected chi connectivity index (χ3v) is 5.59. The van der Waals surface area contributed by atoms with Crippen molar-refractivity contribution in [1.82, 2.24) is 9.62 Å². The van der Waals surface area contributed by atoms with Crippen LogP contribution in [0, 0.1) is 5.82 Å². The van der Waals surface area contributed by atoms with Gasteiger partial charge in [0.05, 0.1) is 11.4 Å². The third-order valence-electron chi connectivity index (χ3n) is 3.77. The Morgan fingerprint density at radius 1 is 1.03 bits per heavy atom. The van der Waals surface area contributed by atoms with Gasteiger partial charge in [-0.3, -0.25) is 9.59 Å². The van der Waals surface area contributed by atoms with E-state index in [4.69, 9.17) is 4.74 Å². The summed E-state index contributed by atoms with van der Waals surface area (Å²) in [5, 5.41) is 5.18. The number of halogens is 1. The van der Waals surface area contributed by atoms with Crippen LogP contribution in [0.4, 0.5) is 10.1 Å². The van der Waals surface area contributed by atoms with Gasteiger partial charge in [0.2, 0.25) is 15.9 Å². The molecule has 0 radical (unpaired) electrons. The molecule has 0 spiro atoms. The van der Waals surface area contributed by atoms with Gasteiger partial charge in [-0.1, -0.05) is 0 Å². The Kier molecular flexibility index (Phi) is 7.68. The summed E-state index contributed by atoms with van der Waals surface area (Å²) < 4.78 is 44.0. The molecule has 0 aromatic heterocycles. The molecule has 0 atom stereocenters. The number of carbonyl (C=O) groups excluding carboxylic acids is 2. The molecule has 29 heavy (non-hydrogen) atoms. The van der Waals surface area contributed by atoms with E-state index in [9.17, 15) is 22.4 Å². The molecule has 0 fully saturated rings. The summed E-state index contributed by atoms with van der Waals surface area (Å²) in [6, 6.07) is 10.6. The number of benzene rings is 2. The van der Waals surface area contributed by atoms with Crippen molar-refractivity contribution in [2.24, 2.45) is 0 Å². The molecule has 0 aliphatic heterocycles. The SMILES string of the molecule is CCNC(=O)COc1ccc(NC(=O)CN(C)S(=O)(=O)c2ccc(F)cc2)cc1. The molecule has 0 unspecified atom stereocenters. The maximum Gasteiger partial charge on any atom is 0.257 e. The maximum atomic E-state index is 13.0. The number of rotatable bonds is 9. The molecule has 2 rings (SSSR count). The van der Waals surface area contributed by atoms with Gasteiger partial charge >= 0.3 is 0 Å². The van der Waals surface area contributed by atoms with Crippen LogP contribution in [0.2, 0.25) is 0 Å². The Bertz CT molecular complexity index is 947. The number of ether oxygens (including phenoxy) is 1. The lowest BCUT2D eigenvalue weighted by atomic mass is 10.3. The second-order valence-corrected chi connectivity index (χ2v) is 8.07. The van der Waals surface area contributed by atoms with Crippen molar-refractivity contribution in [3.63, 3.8) is 0 Å². The molecule has 0 saturated heterocycles. The number of nitrogens with one attached hydrogen (secondary N) is 2. The summed E-state index contributed by atoms with van der Waals surface area (Å²) in [6.07, 6.45) is 0. The van der Waals surface area contributed by atoms with Crippen molar-refractivity contribution in [3.05, 3.63) is 54.3 Å². The lowest BCUT2D eigenvalue weighted by Crippen LogP contribution is -2.34. The number of anilines is 1. The molecule has 2 aromatic rings. The zero-order valence-corrected chi connectivity index (χ0v) is 16.8. The van der Waals surface area contributed by atoms with E-state index in [1.165, 1.54) is 7.05 Å². The maximum absolute atomic E-state index is 13.0. The van der Waals surface area contributed by atoms with E-state index in [0.717, 1.165) is 28.6 Å². The van der Waals surface area contributed by atoms with Gasteiger partial charge in [0.25, 0.3) is 5.91 Å². The van der Waals surface area contributed by atoms with E-state index in [2.05, 4.69) is 10.6 Å². The van der Waals surface area contributed by atoms with Crippen molar-refractivity contribution in [2.45, 2.75) is 11.8 Å². The minimum atomic E-state index is -3.92. The highest BCUT2D eigenvalue weighted by molar-refractivity contribution is 7.89. The normalized spacial score (nSPS) is 11.2. The molecule has 10 heteroatoms. The Morgan fingerprint density at radius 2 is 1.66 bits per heavy atom. The molecule has 156 valence electrons. The average molecular weight is 423 g/mol. The fourth-order valence-electron chi connectivity index (χ4n) is 2.31. The molecule has 2 amide bonds. The minimum absolute atomic E-state index is 0.109. The zero-order chi connectivity index (χ0) is 21.4. The van der Waals surface area contributed by atoms with Crippen LogP contribution in [-0.4, -0.2) is 51.3 Å². The fourth-order valence-corrected chi connectivity index (χ4v) is 3.43. The molecule has 0 heterocycles. The monoisotopic (exact) mass is 423 g/mol. The van der Waals surface area contributed by atoms with Crippen LogP contribution in [-0.2, 0) is 19.6 Å². The molecule has 0 aliphatic carbocycles. The molecule has 0 bridgehead atoms. The van der Waals surface area contributed by atoms with Gasteiger partial charge in [0.15, 0.2) is 6.61 Å². The quantitative estimate of drug-likeness (QED) is 0.638. The largest absolute Gasteiger partial charge is 0.484 e. The smallest absolute Gasteiger partial charge is 0.257 e. The molecular formula is C19H22FN3O5S. The fraction of sp³-hybridized carbons (Fsp3) is 0.263. The van der Waals surface area contributed by atoms with Gasteiger partial charge in [-0.05, 0) is 55.5 Å². The number of sulfonamides is 1. The lowest BCUT2D eigenvalue weighted by Gasteiger charge is -2.17. The Labute approximate surface area is 168 Å². The predicted molar refractivity (Wildman–Crippen MR) is 105 cm³/mol. The van der Waals surface area contributed by atoms with Gasteiger partial charge in [-0.15, -0.1) is 0 Å². The summed E-state index contributed by atoms with van der Waals surface area (Å²) >= 11 is 0.